The molecule has 1 N–H and O–H groups in total. The highest BCUT2D eigenvalue weighted by Gasteiger charge is 2.06. The molecule has 1 aromatic heterocycles. The van der Waals surface area contributed by atoms with Crippen LogP contribution in [-0.4, -0.2) is 14.7 Å². The van der Waals surface area contributed by atoms with Gasteiger partial charge in [-0.1, -0.05) is 24.3 Å². The van der Waals surface area contributed by atoms with Gasteiger partial charge in [0, 0.05) is 13.5 Å². The zero-order valence-electron chi connectivity index (χ0n) is 8.94. The standard InChI is InChI=1S/C12H14N2O/c1-9-5-3-4-6-10(9)7-11-13-12(15)8-14(11)2/h3-6,8,15H,7H2,1-2H3. The van der Waals surface area contributed by atoms with Crippen molar-refractivity contribution >= 4 is 0 Å². The van der Waals surface area contributed by atoms with E-state index < -0.39 is 0 Å². The summed E-state index contributed by atoms with van der Waals surface area (Å²) in [6, 6.07) is 8.21. The lowest BCUT2D eigenvalue weighted by Gasteiger charge is -2.04. The Kier molecular flexibility index (Phi) is 2.46. The zero-order chi connectivity index (χ0) is 10.8. The van der Waals surface area contributed by atoms with Crippen molar-refractivity contribution in [2.45, 2.75) is 13.3 Å². The van der Waals surface area contributed by atoms with Gasteiger partial charge in [0.1, 0.15) is 5.82 Å². The summed E-state index contributed by atoms with van der Waals surface area (Å²) in [4.78, 5) is 4.07. The summed E-state index contributed by atoms with van der Waals surface area (Å²) in [5.74, 6) is 0.961. The average molecular weight is 202 g/mol. The molecule has 0 fully saturated rings. The first-order valence-electron chi connectivity index (χ1n) is 4.92. The summed E-state index contributed by atoms with van der Waals surface area (Å²) in [6.07, 6.45) is 2.37. The number of hydrogen-bond acceptors (Lipinski definition) is 2. The second kappa shape index (κ2) is 3.77. The summed E-state index contributed by atoms with van der Waals surface area (Å²) < 4.78 is 1.85. The lowest BCUT2D eigenvalue weighted by molar-refractivity contribution is 0.455. The third kappa shape index (κ3) is 2.01. The van der Waals surface area contributed by atoms with Gasteiger partial charge in [0.25, 0.3) is 0 Å². The van der Waals surface area contributed by atoms with Crippen molar-refractivity contribution in [2.75, 3.05) is 0 Å². The topological polar surface area (TPSA) is 38.1 Å². The molecule has 3 nitrogen and oxygen atoms in total. The Labute approximate surface area is 89.0 Å². The van der Waals surface area contributed by atoms with E-state index in [1.54, 1.807) is 6.20 Å². The van der Waals surface area contributed by atoms with Crippen LogP contribution in [0.2, 0.25) is 0 Å². The quantitative estimate of drug-likeness (QED) is 0.809. The van der Waals surface area contributed by atoms with Gasteiger partial charge in [0.05, 0.1) is 6.20 Å². The van der Waals surface area contributed by atoms with E-state index in [1.807, 2.05) is 23.7 Å². The molecule has 0 aliphatic carbocycles. The van der Waals surface area contributed by atoms with E-state index in [0.29, 0.717) is 0 Å². The molecular formula is C12H14N2O. The average Bonchev–Trinajstić information content (AvgIpc) is 2.49. The maximum absolute atomic E-state index is 9.25. The highest BCUT2D eigenvalue weighted by molar-refractivity contribution is 5.29. The Balaban J connectivity index is 2.29. The van der Waals surface area contributed by atoms with E-state index in [4.69, 9.17) is 0 Å². The van der Waals surface area contributed by atoms with Crippen LogP contribution in [0.3, 0.4) is 0 Å². The third-order valence-corrected chi connectivity index (χ3v) is 2.57. The molecule has 0 amide bonds. The van der Waals surface area contributed by atoms with Gasteiger partial charge in [0.2, 0.25) is 5.88 Å². The normalized spacial score (nSPS) is 10.5. The summed E-state index contributed by atoms with van der Waals surface area (Å²) in [5, 5.41) is 9.25. The number of hydrogen-bond donors (Lipinski definition) is 1. The Bertz CT molecular complexity index is 474. The molecule has 2 rings (SSSR count). The Morgan fingerprint density at radius 1 is 1.33 bits per heavy atom. The van der Waals surface area contributed by atoms with Crippen LogP contribution >= 0.6 is 0 Å². The number of nitrogens with zero attached hydrogens (tertiary/aromatic N) is 2. The van der Waals surface area contributed by atoms with Crippen molar-refractivity contribution in [1.82, 2.24) is 9.55 Å². The van der Waals surface area contributed by atoms with E-state index in [-0.39, 0.29) is 5.88 Å². The summed E-state index contributed by atoms with van der Waals surface area (Å²) in [7, 11) is 1.89. The molecule has 0 unspecified atom stereocenters. The molecule has 1 aromatic carbocycles. The van der Waals surface area contributed by atoms with Crippen LogP contribution in [0.15, 0.2) is 30.5 Å². The fraction of sp³-hybridized carbons (Fsp3) is 0.250. The third-order valence-electron chi connectivity index (χ3n) is 2.57. The van der Waals surface area contributed by atoms with Gasteiger partial charge in [-0.3, -0.25) is 0 Å². The lowest BCUT2D eigenvalue weighted by atomic mass is 10.1. The highest BCUT2D eigenvalue weighted by Crippen LogP contribution is 2.14. The van der Waals surface area contributed by atoms with Crippen molar-refractivity contribution in [3.8, 4) is 5.88 Å². The molecule has 78 valence electrons. The van der Waals surface area contributed by atoms with Crippen molar-refractivity contribution in [1.29, 1.82) is 0 Å². The first kappa shape index (κ1) is 9.77. The molecule has 0 bridgehead atoms. The Hall–Kier alpha value is -1.77. The number of imidazole rings is 1. The van der Waals surface area contributed by atoms with Gasteiger partial charge < -0.3 is 9.67 Å². The van der Waals surface area contributed by atoms with E-state index in [1.165, 1.54) is 11.1 Å². The van der Waals surface area contributed by atoms with Crippen LogP contribution in [-0.2, 0) is 13.5 Å². The molecule has 0 aliphatic heterocycles. The van der Waals surface area contributed by atoms with E-state index in [0.717, 1.165) is 12.2 Å². The van der Waals surface area contributed by atoms with Gasteiger partial charge in [-0.05, 0) is 18.1 Å². The van der Waals surface area contributed by atoms with Crippen molar-refractivity contribution in [3.05, 3.63) is 47.4 Å². The highest BCUT2D eigenvalue weighted by atomic mass is 16.3. The van der Waals surface area contributed by atoms with Crippen LogP contribution in [0.25, 0.3) is 0 Å². The smallest absolute Gasteiger partial charge is 0.229 e. The van der Waals surface area contributed by atoms with Crippen LogP contribution in [0.1, 0.15) is 17.0 Å². The molecule has 0 radical (unpaired) electrons. The molecule has 15 heavy (non-hydrogen) atoms. The Morgan fingerprint density at radius 2 is 2.07 bits per heavy atom. The number of benzene rings is 1. The van der Waals surface area contributed by atoms with Crippen LogP contribution in [0.5, 0.6) is 5.88 Å². The molecule has 0 atom stereocenters. The van der Waals surface area contributed by atoms with E-state index in [9.17, 15) is 5.11 Å². The molecule has 3 heteroatoms. The predicted octanol–water partition coefficient (Wildman–Crippen LogP) is 2.02. The second-order valence-corrected chi connectivity index (χ2v) is 3.73. The van der Waals surface area contributed by atoms with Crippen molar-refractivity contribution in [2.24, 2.45) is 7.05 Å². The number of aromatic hydroxyl groups is 1. The van der Waals surface area contributed by atoms with Gasteiger partial charge in [0.15, 0.2) is 0 Å². The lowest BCUT2D eigenvalue weighted by Crippen LogP contribution is -1.99. The maximum atomic E-state index is 9.25. The van der Waals surface area contributed by atoms with Gasteiger partial charge in [-0.15, -0.1) is 0 Å². The fourth-order valence-corrected chi connectivity index (χ4v) is 1.63. The van der Waals surface area contributed by atoms with Gasteiger partial charge >= 0.3 is 0 Å². The van der Waals surface area contributed by atoms with E-state index >= 15 is 0 Å². The minimum atomic E-state index is 0.0843. The molecule has 0 spiro atoms. The molecule has 0 aliphatic rings. The second-order valence-electron chi connectivity index (χ2n) is 3.73. The van der Waals surface area contributed by atoms with Crippen molar-refractivity contribution in [3.63, 3.8) is 0 Å². The molecule has 1 heterocycles. The molecule has 2 aromatic rings. The molecule has 0 saturated carbocycles. The number of rotatable bonds is 2. The van der Waals surface area contributed by atoms with Gasteiger partial charge in [-0.2, -0.15) is 4.98 Å². The SMILES string of the molecule is Cc1ccccc1Cc1nc(O)cn1C. The van der Waals surface area contributed by atoms with Crippen molar-refractivity contribution < 1.29 is 5.11 Å². The number of aryl methyl sites for hydroxylation is 2. The van der Waals surface area contributed by atoms with Crippen LogP contribution in [0, 0.1) is 6.92 Å². The minimum Gasteiger partial charge on any atom is -0.492 e. The van der Waals surface area contributed by atoms with Crippen LogP contribution < -0.4 is 0 Å². The molecule has 0 saturated heterocycles. The monoisotopic (exact) mass is 202 g/mol. The van der Waals surface area contributed by atoms with E-state index in [2.05, 4.69) is 24.0 Å². The zero-order valence-corrected chi connectivity index (χ0v) is 8.94. The first-order valence-corrected chi connectivity index (χ1v) is 4.92. The number of aromatic nitrogens is 2. The maximum Gasteiger partial charge on any atom is 0.229 e. The van der Waals surface area contributed by atoms with Crippen LogP contribution in [0.4, 0.5) is 0 Å². The summed E-state index contributed by atoms with van der Waals surface area (Å²) in [5.41, 5.74) is 2.49. The minimum absolute atomic E-state index is 0.0843. The Morgan fingerprint density at radius 3 is 2.67 bits per heavy atom. The summed E-state index contributed by atoms with van der Waals surface area (Å²) >= 11 is 0. The predicted molar refractivity (Wildman–Crippen MR) is 58.9 cm³/mol. The summed E-state index contributed by atoms with van der Waals surface area (Å²) in [6.45, 7) is 2.08. The molecular weight excluding hydrogens is 188 g/mol. The fourth-order valence-electron chi connectivity index (χ4n) is 1.63. The largest absolute Gasteiger partial charge is 0.492 e. The van der Waals surface area contributed by atoms with Gasteiger partial charge in [-0.25, -0.2) is 0 Å². The first-order chi connectivity index (χ1) is 7.16.